The van der Waals surface area contributed by atoms with E-state index < -0.39 is 108 Å². The van der Waals surface area contributed by atoms with E-state index in [9.17, 15) is 39.3 Å². The van der Waals surface area contributed by atoms with E-state index in [-0.39, 0.29) is 74.9 Å². The number of benzene rings is 3. The second-order valence-electron chi connectivity index (χ2n) is 24.3. The van der Waals surface area contributed by atoms with E-state index in [0.717, 1.165) is 16.7 Å². The molecule has 0 saturated carbocycles. The maximum absolute atomic E-state index is 14.9. The van der Waals surface area contributed by atoms with Crippen LogP contribution in [0.1, 0.15) is 105 Å². The van der Waals surface area contributed by atoms with Crippen LogP contribution in [0.25, 0.3) is 0 Å². The quantitative estimate of drug-likeness (QED) is 0.102. The smallest absolute Gasteiger partial charge is 0.247 e. The fraction of sp³-hybridized carbons (Fsp3) is 0.629. The summed E-state index contributed by atoms with van der Waals surface area (Å²) in [6.45, 7) is 16.2. The summed E-state index contributed by atoms with van der Waals surface area (Å²) in [7, 11) is 6.91. The molecule has 0 aliphatic carbocycles. The fourth-order valence-electron chi connectivity index (χ4n) is 11.9. The Morgan fingerprint density at radius 1 is 0.840 bits per heavy atom. The van der Waals surface area contributed by atoms with Crippen LogP contribution < -0.4 is 21.3 Å². The van der Waals surface area contributed by atoms with E-state index in [1.165, 1.54) is 7.11 Å². The number of carbonyl (C=O) groups excluding carboxylic acids is 5. The lowest BCUT2D eigenvalue weighted by atomic mass is 9.77. The molecule has 3 fully saturated rings. The van der Waals surface area contributed by atoms with Crippen LogP contribution in [-0.4, -0.2) is 174 Å². The summed E-state index contributed by atoms with van der Waals surface area (Å²) in [6.07, 6.45) is -6.46. The Hall–Kier alpha value is -5.35. The third-order valence-electron chi connectivity index (χ3n) is 16.5. The molecule has 0 aromatic heterocycles. The van der Waals surface area contributed by atoms with Gasteiger partial charge in [0.25, 0.3) is 0 Å². The SMILES string of the molecule is CO[C@]1(C)C[C@H](O[C@H]2[C@H](C)[C@@H](O[C@@H]3O[C@H](C)C[C@H](N(C)C)[C@H]3O)[C@](C)(O)C[C@@H](C)CN(C)C(=O)C[C@@H](Cc3ccc(NC(=O)[C@H](Cc4ccccc4)NC(=O)Cc4ccccc4)cc3)NC(=O)[C@H](C(C)C)NC(=O)[C@@H]2C)O[C@@H](C)[C@@H]1O. The second kappa shape index (κ2) is 28.8. The summed E-state index contributed by atoms with van der Waals surface area (Å²) >= 11 is 0. The molecule has 0 bridgehead atoms. The maximum atomic E-state index is 14.9. The Bertz CT molecular complexity index is 2520. The van der Waals surface area contributed by atoms with Gasteiger partial charge >= 0.3 is 0 Å². The summed E-state index contributed by atoms with van der Waals surface area (Å²) in [6, 6.07) is 22.7. The third-order valence-corrected chi connectivity index (χ3v) is 16.5. The van der Waals surface area contributed by atoms with E-state index in [4.69, 9.17) is 23.7 Å². The zero-order chi connectivity index (χ0) is 59.5. The van der Waals surface area contributed by atoms with Crippen LogP contribution in [0.3, 0.4) is 0 Å². The van der Waals surface area contributed by atoms with Gasteiger partial charge in [0, 0.05) is 63.7 Å². The van der Waals surface area contributed by atoms with Gasteiger partial charge in [-0.05, 0) is 102 Å². The molecule has 5 amide bonds. The van der Waals surface area contributed by atoms with Crippen LogP contribution in [0.4, 0.5) is 5.69 Å². The summed E-state index contributed by atoms with van der Waals surface area (Å²) < 4.78 is 32.1. The number of carbonyl (C=O) groups is 5. The first-order valence-electron chi connectivity index (χ1n) is 28.7. The van der Waals surface area contributed by atoms with Crippen molar-refractivity contribution in [3.63, 3.8) is 0 Å². The number of methoxy groups -OCH3 is 1. The van der Waals surface area contributed by atoms with Crippen LogP contribution in [-0.2, 0) is 66.9 Å². The Morgan fingerprint density at radius 2 is 1.47 bits per heavy atom. The molecule has 3 saturated heterocycles. The Labute approximate surface area is 479 Å². The summed E-state index contributed by atoms with van der Waals surface area (Å²) in [4.78, 5) is 74.6. The van der Waals surface area contributed by atoms with Crippen LogP contribution >= 0.6 is 0 Å². The molecule has 0 radical (unpaired) electrons. The number of hydrogen-bond donors (Lipinski definition) is 7. The molecule has 448 valence electrons. The first-order valence-corrected chi connectivity index (χ1v) is 28.7. The Balaban J connectivity index is 1.29. The topological polar surface area (TPSA) is 247 Å². The summed E-state index contributed by atoms with van der Waals surface area (Å²) in [5.74, 6) is -4.67. The van der Waals surface area contributed by atoms with E-state index in [0.29, 0.717) is 12.1 Å². The van der Waals surface area contributed by atoms with E-state index >= 15 is 0 Å². The Morgan fingerprint density at radius 3 is 2.07 bits per heavy atom. The minimum atomic E-state index is -1.70. The molecule has 3 heterocycles. The number of nitrogens with zero attached hydrogens (tertiary/aromatic N) is 2. The molecular weight excluding hydrogens is 1040 g/mol. The van der Waals surface area contributed by atoms with Crippen molar-refractivity contribution in [1.82, 2.24) is 25.8 Å². The van der Waals surface area contributed by atoms with Gasteiger partial charge in [-0.25, -0.2) is 0 Å². The highest BCUT2D eigenvalue weighted by Gasteiger charge is 2.51. The Kier molecular flexibility index (Phi) is 23.0. The monoisotopic (exact) mass is 1130 g/mol. The molecule has 0 spiro atoms. The number of anilines is 1. The number of nitrogens with one attached hydrogen (secondary N) is 4. The molecule has 3 aliphatic heterocycles. The highest BCUT2D eigenvalue weighted by atomic mass is 16.7. The number of aliphatic hydroxyl groups is 3. The van der Waals surface area contributed by atoms with Gasteiger partial charge in [-0.3, -0.25) is 24.0 Å². The molecule has 19 nitrogen and oxygen atoms in total. The molecule has 6 rings (SSSR count). The van der Waals surface area contributed by atoms with Crippen molar-refractivity contribution in [3.05, 3.63) is 102 Å². The first kappa shape index (κ1) is 64.8. The summed E-state index contributed by atoms with van der Waals surface area (Å²) in [5.41, 5.74) is 0.127. The minimum Gasteiger partial charge on any atom is -0.387 e. The number of aliphatic hydroxyl groups excluding tert-OH is 2. The van der Waals surface area contributed by atoms with Crippen molar-refractivity contribution in [2.45, 2.75) is 192 Å². The lowest BCUT2D eigenvalue weighted by Gasteiger charge is -2.49. The van der Waals surface area contributed by atoms with Crippen LogP contribution in [0.5, 0.6) is 0 Å². The molecule has 3 aromatic rings. The largest absolute Gasteiger partial charge is 0.387 e. The van der Waals surface area contributed by atoms with Crippen LogP contribution in [0, 0.1) is 23.7 Å². The van der Waals surface area contributed by atoms with Crippen molar-refractivity contribution < 1.29 is 63.0 Å². The average molecular weight is 1130 g/mol. The minimum absolute atomic E-state index is 0.0819. The molecule has 17 atom stereocenters. The lowest BCUT2D eigenvalue weighted by Crippen LogP contribution is -2.61. The highest BCUT2D eigenvalue weighted by molar-refractivity contribution is 5.97. The molecule has 3 aromatic carbocycles. The molecular formula is C62H92N6O13. The van der Waals surface area contributed by atoms with E-state index in [1.54, 1.807) is 70.8 Å². The van der Waals surface area contributed by atoms with E-state index in [1.807, 2.05) is 107 Å². The zero-order valence-corrected chi connectivity index (χ0v) is 49.8. The van der Waals surface area contributed by atoms with Gasteiger partial charge in [-0.1, -0.05) is 107 Å². The number of likely N-dealkylation sites (N-methyl/N-ethyl adjacent to an activating group) is 1. The normalized spacial score (nSPS) is 33.5. The van der Waals surface area contributed by atoms with E-state index in [2.05, 4.69) is 21.3 Å². The van der Waals surface area contributed by atoms with Crippen molar-refractivity contribution >= 4 is 35.2 Å². The molecule has 81 heavy (non-hydrogen) atoms. The number of rotatable bonds is 16. The molecule has 7 N–H and O–H groups in total. The van der Waals surface area contributed by atoms with Gasteiger partial charge < -0.3 is 70.1 Å². The second-order valence-corrected chi connectivity index (χ2v) is 24.3. The number of ether oxygens (including phenoxy) is 5. The van der Waals surface area contributed by atoms with Crippen LogP contribution in [0.15, 0.2) is 84.9 Å². The molecule has 0 unspecified atom stereocenters. The van der Waals surface area contributed by atoms with Crippen molar-refractivity contribution in [1.29, 1.82) is 0 Å². The first-order chi connectivity index (χ1) is 38.2. The highest BCUT2D eigenvalue weighted by Crippen LogP contribution is 2.39. The molecule has 3 aliphatic rings. The van der Waals surface area contributed by atoms with Crippen molar-refractivity contribution in [2.24, 2.45) is 23.7 Å². The van der Waals surface area contributed by atoms with Gasteiger partial charge in [0.1, 0.15) is 24.3 Å². The third kappa shape index (κ3) is 17.6. The predicted molar refractivity (Wildman–Crippen MR) is 307 cm³/mol. The van der Waals surface area contributed by atoms with Gasteiger partial charge in [-0.15, -0.1) is 0 Å². The summed E-state index contributed by atoms with van der Waals surface area (Å²) in [5, 5.41) is 47.8. The average Bonchev–Trinajstić information content (AvgIpc) is 3.44. The number of hydrogen-bond acceptors (Lipinski definition) is 14. The van der Waals surface area contributed by atoms with Gasteiger partial charge in [0.05, 0.1) is 48.0 Å². The van der Waals surface area contributed by atoms with Gasteiger partial charge in [0.2, 0.25) is 29.5 Å². The van der Waals surface area contributed by atoms with Crippen molar-refractivity contribution in [2.75, 3.05) is 40.1 Å². The lowest BCUT2D eigenvalue weighted by molar-refractivity contribution is -0.317. The molecule has 19 heteroatoms. The fourth-order valence-corrected chi connectivity index (χ4v) is 11.9. The van der Waals surface area contributed by atoms with Gasteiger partial charge in [0.15, 0.2) is 12.6 Å². The standard InChI is InChI=1S/C62H92N6O13/c1-36(2)52-59(75)64-46(29-44-24-26-45(27-25-44)63-58(74)47(30-42-20-16-14-17-21-42)65-49(69)31-43-22-18-15-19-23-43)32-50(70)68(12)35-37(3)33-61(8,76)56(81-60-53(71)48(67(10)11)28-38(4)78-60)39(5)54(40(6)57(73)66-52)80-51-34-62(9,77-13)55(72)41(7)79-51/h14-27,36-41,46-48,51-56,60,71-72,76H,28-35H2,1-13H3,(H,63,74)(H,64,75)(H,65,69)(H,66,73)/t37-,38-,39+,40-,41+,46-,47+,48+,51+,52+,53-,54+,55+,56-,60+,61-,62-/m1/s1. The predicted octanol–water partition coefficient (Wildman–Crippen LogP) is 4.77. The van der Waals surface area contributed by atoms with Crippen molar-refractivity contribution in [3.8, 4) is 0 Å². The van der Waals surface area contributed by atoms with Crippen LogP contribution in [0.2, 0.25) is 0 Å². The zero-order valence-electron chi connectivity index (χ0n) is 49.8. The number of amides is 5. The maximum Gasteiger partial charge on any atom is 0.247 e. The van der Waals surface area contributed by atoms with Gasteiger partial charge in [-0.2, -0.15) is 0 Å².